The van der Waals surface area contributed by atoms with Crippen LogP contribution in [0, 0.1) is 0 Å². The first-order chi connectivity index (χ1) is 9.72. The fourth-order valence-corrected chi connectivity index (χ4v) is 1.95. The van der Waals surface area contributed by atoms with Crippen LogP contribution in [-0.4, -0.2) is 32.4 Å². The molecule has 0 bridgehead atoms. The van der Waals surface area contributed by atoms with Gasteiger partial charge in [0.1, 0.15) is 5.69 Å². The Morgan fingerprint density at radius 2 is 2.30 bits per heavy atom. The summed E-state index contributed by atoms with van der Waals surface area (Å²) in [5.74, 6) is 0.0223. The molecule has 0 saturated heterocycles. The van der Waals surface area contributed by atoms with Crippen molar-refractivity contribution in [3.8, 4) is 0 Å². The Morgan fingerprint density at radius 1 is 1.45 bits per heavy atom. The number of nitrogens with two attached hydrogens (primary N) is 1. The van der Waals surface area contributed by atoms with Crippen molar-refractivity contribution >= 4 is 5.84 Å². The van der Waals surface area contributed by atoms with Gasteiger partial charge in [0.05, 0.1) is 0 Å². The molecule has 0 fully saturated rings. The predicted octanol–water partition coefficient (Wildman–Crippen LogP) is 0.242. The molecule has 0 aromatic carbocycles. The average molecular weight is 274 g/mol. The molecule has 0 aliphatic carbocycles. The summed E-state index contributed by atoms with van der Waals surface area (Å²) < 4.78 is 1.85. The van der Waals surface area contributed by atoms with Crippen molar-refractivity contribution < 1.29 is 5.21 Å². The number of hydrogen-bond donors (Lipinski definition) is 3. The molecule has 0 atom stereocenters. The minimum Gasteiger partial charge on any atom is -0.409 e. The second kappa shape index (κ2) is 6.67. The highest BCUT2D eigenvalue weighted by molar-refractivity contribution is 5.96. The van der Waals surface area contributed by atoms with E-state index in [1.54, 1.807) is 12.4 Å². The minimum absolute atomic E-state index is 0.0223. The van der Waals surface area contributed by atoms with Gasteiger partial charge < -0.3 is 16.3 Å². The van der Waals surface area contributed by atoms with Crippen LogP contribution in [0.1, 0.15) is 17.0 Å². The Morgan fingerprint density at radius 3 is 3.00 bits per heavy atom. The van der Waals surface area contributed by atoms with Crippen LogP contribution in [-0.2, 0) is 20.0 Å². The van der Waals surface area contributed by atoms with Crippen LogP contribution < -0.4 is 11.1 Å². The van der Waals surface area contributed by atoms with E-state index in [2.05, 4.69) is 20.6 Å². The number of rotatable bonds is 6. The molecule has 7 heteroatoms. The van der Waals surface area contributed by atoms with Crippen molar-refractivity contribution in [2.75, 3.05) is 6.54 Å². The molecular weight excluding hydrogens is 256 g/mol. The molecule has 4 N–H and O–H groups in total. The van der Waals surface area contributed by atoms with Crippen LogP contribution in [0.15, 0.2) is 35.7 Å². The SMILES string of the molecule is Cn1nccc1CCNCc1cccnc1/C(N)=N/O. The van der Waals surface area contributed by atoms with E-state index in [9.17, 15) is 0 Å². The van der Waals surface area contributed by atoms with Crippen LogP contribution in [0.25, 0.3) is 0 Å². The van der Waals surface area contributed by atoms with E-state index in [0.717, 1.165) is 18.5 Å². The van der Waals surface area contributed by atoms with E-state index in [1.165, 1.54) is 5.69 Å². The van der Waals surface area contributed by atoms with Gasteiger partial charge in [0, 0.05) is 44.6 Å². The molecule has 2 aromatic heterocycles. The van der Waals surface area contributed by atoms with Gasteiger partial charge in [-0.2, -0.15) is 5.10 Å². The van der Waals surface area contributed by atoms with Gasteiger partial charge in [-0.15, -0.1) is 0 Å². The fourth-order valence-electron chi connectivity index (χ4n) is 1.95. The number of aromatic nitrogens is 3. The highest BCUT2D eigenvalue weighted by atomic mass is 16.4. The lowest BCUT2D eigenvalue weighted by molar-refractivity contribution is 0.318. The van der Waals surface area contributed by atoms with Gasteiger partial charge in [-0.1, -0.05) is 11.2 Å². The molecule has 0 saturated carbocycles. The van der Waals surface area contributed by atoms with E-state index in [4.69, 9.17) is 10.9 Å². The number of pyridine rings is 1. The lowest BCUT2D eigenvalue weighted by Gasteiger charge is -2.08. The van der Waals surface area contributed by atoms with Gasteiger partial charge in [-0.25, -0.2) is 0 Å². The summed E-state index contributed by atoms with van der Waals surface area (Å²) in [6.07, 6.45) is 4.29. The summed E-state index contributed by atoms with van der Waals surface area (Å²) >= 11 is 0. The highest BCUT2D eigenvalue weighted by Crippen LogP contribution is 2.05. The number of amidine groups is 1. The number of hydrogen-bond acceptors (Lipinski definition) is 5. The summed E-state index contributed by atoms with van der Waals surface area (Å²) in [5.41, 5.74) is 8.16. The molecule has 0 radical (unpaired) electrons. The van der Waals surface area contributed by atoms with E-state index < -0.39 is 0 Å². The third-order valence-corrected chi connectivity index (χ3v) is 3.04. The molecule has 0 aliphatic heterocycles. The van der Waals surface area contributed by atoms with E-state index in [1.807, 2.05) is 29.9 Å². The summed E-state index contributed by atoms with van der Waals surface area (Å²) in [7, 11) is 1.92. The second-order valence-electron chi connectivity index (χ2n) is 4.37. The molecule has 0 spiro atoms. The van der Waals surface area contributed by atoms with Crippen LogP contribution >= 0.6 is 0 Å². The number of nitrogens with one attached hydrogen (secondary N) is 1. The van der Waals surface area contributed by atoms with Gasteiger partial charge in [0.25, 0.3) is 0 Å². The van der Waals surface area contributed by atoms with Crippen molar-refractivity contribution in [2.24, 2.45) is 17.9 Å². The Kier molecular flexibility index (Phi) is 4.67. The molecule has 7 nitrogen and oxygen atoms in total. The van der Waals surface area contributed by atoms with E-state index >= 15 is 0 Å². The zero-order chi connectivity index (χ0) is 14.4. The monoisotopic (exact) mass is 274 g/mol. The summed E-state index contributed by atoms with van der Waals surface area (Å²) in [6, 6.07) is 5.72. The lowest BCUT2D eigenvalue weighted by atomic mass is 10.1. The van der Waals surface area contributed by atoms with Crippen LogP contribution in [0.5, 0.6) is 0 Å². The molecule has 2 aromatic rings. The molecule has 106 valence electrons. The van der Waals surface area contributed by atoms with Crippen molar-refractivity contribution in [3.05, 3.63) is 47.5 Å². The Bertz CT molecular complexity index is 592. The maximum absolute atomic E-state index is 8.73. The van der Waals surface area contributed by atoms with E-state index in [-0.39, 0.29) is 5.84 Å². The molecule has 0 aliphatic rings. The van der Waals surface area contributed by atoms with E-state index in [0.29, 0.717) is 12.2 Å². The first-order valence-corrected chi connectivity index (χ1v) is 6.31. The molecule has 2 rings (SSSR count). The highest BCUT2D eigenvalue weighted by Gasteiger charge is 2.07. The third-order valence-electron chi connectivity index (χ3n) is 3.04. The number of aryl methyl sites for hydroxylation is 1. The third kappa shape index (κ3) is 3.33. The Balaban J connectivity index is 1.90. The van der Waals surface area contributed by atoms with Gasteiger partial charge in [0.2, 0.25) is 0 Å². The summed E-state index contributed by atoms with van der Waals surface area (Å²) in [4.78, 5) is 4.12. The van der Waals surface area contributed by atoms with Crippen molar-refractivity contribution in [2.45, 2.75) is 13.0 Å². The van der Waals surface area contributed by atoms with Crippen molar-refractivity contribution in [1.29, 1.82) is 0 Å². The quantitative estimate of drug-likeness (QED) is 0.230. The van der Waals surface area contributed by atoms with Crippen LogP contribution in [0.3, 0.4) is 0 Å². The maximum atomic E-state index is 8.73. The fraction of sp³-hybridized carbons (Fsp3) is 0.308. The maximum Gasteiger partial charge on any atom is 0.189 e. The topological polar surface area (TPSA) is 101 Å². The van der Waals surface area contributed by atoms with Crippen LogP contribution in [0.2, 0.25) is 0 Å². The average Bonchev–Trinajstić information content (AvgIpc) is 2.88. The van der Waals surface area contributed by atoms with Gasteiger partial charge >= 0.3 is 0 Å². The minimum atomic E-state index is 0.0223. The first-order valence-electron chi connectivity index (χ1n) is 6.31. The Labute approximate surface area is 117 Å². The molecule has 20 heavy (non-hydrogen) atoms. The zero-order valence-electron chi connectivity index (χ0n) is 11.3. The smallest absolute Gasteiger partial charge is 0.189 e. The largest absolute Gasteiger partial charge is 0.409 e. The summed E-state index contributed by atoms with van der Waals surface area (Å²) in [5, 5.41) is 19.2. The molecule has 0 unspecified atom stereocenters. The van der Waals surface area contributed by atoms with Gasteiger partial charge in [-0.05, 0) is 17.7 Å². The second-order valence-corrected chi connectivity index (χ2v) is 4.37. The van der Waals surface area contributed by atoms with Crippen LogP contribution in [0.4, 0.5) is 0 Å². The predicted molar refractivity (Wildman–Crippen MR) is 75.4 cm³/mol. The molecular formula is C13H18N6O. The molecule has 2 heterocycles. The zero-order valence-corrected chi connectivity index (χ0v) is 11.3. The normalized spacial score (nSPS) is 11.8. The summed E-state index contributed by atoms with van der Waals surface area (Å²) in [6.45, 7) is 1.42. The standard InChI is InChI=1S/C13H18N6O/c1-19-11(5-8-17-19)4-7-15-9-10-3-2-6-16-12(10)13(14)18-20/h2-3,5-6,8,15,20H,4,7,9H2,1H3,(H2,14,18). The first kappa shape index (κ1) is 14.0. The van der Waals surface area contributed by atoms with Gasteiger partial charge in [0.15, 0.2) is 5.84 Å². The Hall–Kier alpha value is -2.41. The van der Waals surface area contributed by atoms with Crippen molar-refractivity contribution in [1.82, 2.24) is 20.1 Å². The lowest BCUT2D eigenvalue weighted by Crippen LogP contribution is -2.23. The van der Waals surface area contributed by atoms with Crippen molar-refractivity contribution in [3.63, 3.8) is 0 Å². The van der Waals surface area contributed by atoms with Gasteiger partial charge in [-0.3, -0.25) is 9.67 Å². The molecule has 0 amide bonds. The number of nitrogens with zero attached hydrogens (tertiary/aromatic N) is 4. The number of oxime groups is 1.